The fourth-order valence-corrected chi connectivity index (χ4v) is 1.35. The highest BCUT2D eigenvalue weighted by molar-refractivity contribution is 5.58. The topological polar surface area (TPSA) is 81.8 Å². The lowest BCUT2D eigenvalue weighted by atomic mass is 10.1. The van der Waals surface area contributed by atoms with E-state index < -0.39 is 24.1 Å². The maximum absolute atomic E-state index is 10.6. The van der Waals surface area contributed by atoms with Crippen LogP contribution in [0.15, 0.2) is 0 Å². The number of hydrogen-bond donors (Lipinski definition) is 2. The molecule has 5 nitrogen and oxygen atoms in total. The van der Waals surface area contributed by atoms with Gasteiger partial charge in [-0.1, -0.05) is 0 Å². The molecule has 0 aromatic rings. The van der Waals surface area contributed by atoms with E-state index in [9.17, 15) is 9.90 Å². The molecule has 3 atom stereocenters. The van der Waals surface area contributed by atoms with Crippen molar-refractivity contribution in [2.75, 3.05) is 6.54 Å². The minimum absolute atomic E-state index is 0.0500. The van der Waals surface area contributed by atoms with Crippen LogP contribution in [0.1, 0.15) is 13.8 Å². The molecule has 0 aromatic heterocycles. The Morgan fingerprint density at radius 3 is 2.69 bits per heavy atom. The van der Waals surface area contributed by atoms with Gasteiger partial charge in [0.2, 0.25) is 0 Å². The smallest absolute Gasteiger partial charge is 0.164 e. The summed E-state index contributed by atoms with van der Waals surface area (Å²) in [5.41, 5.74) is 5.26. The molecule has 5 heteroatoms. The van der Waals surface area contributed by atoms with E-state index in [1.165, 1.54) is 0 Å². The summed E-state index contributed by atoms with van der Waals surface area (Å²) >= 11 is 0. The highest BCUT2D eigenvalue weighted by Crippen LogP contribution is 2.28. The second kappa shape index (κ2) is 3.71. The van der Waals surface area contributed by atoms with Crippen molar-refractivity contribution >= 4 is 6.29 Å². The molecule has 0 spiro atoms. The van der Waals surface area contributed by atoms with Crippen molar-refractivity contribution in [2.45, 2.75) is 37.9 Å². The third-order valence-corrected chi connectivity index (χ3v) is 1.92. The molecule has 3 N–H and O–H groups in total. The zero-order chi connectivity index (χ0) is 10.1. The van der Waals surface area contributed by atoms with Gasteiger partial charge in [-0.15, -0.1) is 0 Å². The van der Waals surface area contributed by atoms with Gasteiger partial charge >= 0.3 is 0 Å². The molecule has 13 heavy (non-hydrogen) atoms. The third kappa shape index (κ3) is 2.25. The number of nitrogens with two attached hydrogens (primary N) is 1. The molecule has 0 bridgehead atoms. The molecule has 0 amide bonds. The monoisotopic (exact) mass is 189 g/mol. The Morgan fingerprint density at radius 1 is 1.62 bits per heavy atom. The Bertz CT molecular complexity index is 195. The molecular weight excluding hydrogens is 174 g/mol. The van der Waals surface area contributed by atoms with Crippen LogP contribution < -0.4 is 5.73 Å². The normalized spacial score (nSPS) is 34.5. The summed E-state index contributed by atoms with van der Waals surface area (Å²) in [6.45, 7) is 3.42. The van der Waals surface area contributed by atoms with E-state index >= 15 is 0 Å². The van der Waals surface area contributed by atoms with Crippen molar-refractivity contribution in [3.63, 3.8) is 0 Å². The predicted octanol–water partition coefficient (Wildman–Crippen LogP) is -0.975. The number of aliphatic hydroxyl groups is 1. The molecule has 0 saturated carbocycles. The van der Waals surface area contributed by atoms with Crippen molar-refractivity contribution < 1.29 is 19.4 Å². The van der Waals surface area contributed by atoms with Gasteiger partial charge < -0.3 is 25.1 Å². The summed E-state index contributed by atoms with van der Waals surface area (Å²) in [4.78, 5) is 10.6. The Hall–Kier alpha value is -0.490. The lowest BCUT2D eigenvalue weighted by Crippen LogP contribution is -2.40. The molecule has 0 aromatic carbocycles. The Labute approximate surface area is 76.8 Å². The van der Waals surface area contributed by atoms with Gasteiger partial charge in [0, 0.05) is 6.54 Å². The van der Waals surface area contributed by atoms with Crippen LogP contribution in [0.3, 0.4) is 0 Å². The average molecular weight is 189 g/mol. The van der Waals surface area contributed by atoms with E-state index in [1.807, 2.05) is 0 Å². The van der Waals surface area contributed by atoms with Crippen molar-refractivity contribution in [2.24, 2.45) is 5.73 Å². The van der Waals surface area contributed by atoms with E-state index in [2.05, 4.69) is 0 Å². The second-order valence-corrected chi connectivity index (χ2v) is 3.50. The fourth-order valence-electron chi connectivity index (χ4n) is 1.35. The van der Waals surface area contributed by atoms with Crippen LogP contribution in [0.25, 0.3) is 0 Å². The van der Waals surface area contributed by atoms with Crippen LogP contribution in [-0.2, 0) is 14.3 Å². The number of hydrogen-bond acceptors (Lipinski definition) is 5. The van der Waals surface area contributed by atoms with Crippen LogP contribution in [-0.4, -0.2) is 42.0 Å². The summed E-state index contributed by atoms with van der Waals surface area (Å²) in [5, 5.41) is 9.40. The largest absolute Gasteiger partial charge is 0.389 e. The standard InChI is InChI=1S/C8H15NO4/c1-8(2)12-6(4-10)7(13-8)5(11)3-9/h4-7,11H,3,9H2,1-2H3/t5-,6+,7+/m1/s1. The van der Waals surface area contributed by atoms with Crippen LogP contribution >= 0.6 is 0 Å². The zero-order valence-electron chi connectivity index (χ0n) is 7.77. The van der Waals surface area contributed by atoms with Gasteiger partial charge in [-0.05, 0) is 13.8 Å². The van der Waals surface area contributed by atoms with Crippen LogP contribution in [0.2, 0.25) is 0 Å². The summed E-state index contributed by atoms with van der Waals surface area (Å²) in [6.07, 6.45) is -1.62. The Kier molecular flexibility index (Phi) is 3.02. The molecule has 76 valence electrons. The van der Waals surface area contributed by atoms with Crippen LogP contribution in [0.4, 0.5) is 0 Å². The lowest BCUT2D eigenvalue weighted by molar-refractivity contribution is -0.156. The first-order valence-corrected chi connectivity index (χ1v) is 4.19. The number of ether oxygens (including phenoxy) is 2. The van der Waals surface area contributed by atoms with E-state index in [4.69, 9.17) is 15.2 Å². The van der Waals surface area contributed by atoms with E-state index in [1.54, 1.807) is 13.8 Å². The SMILES string of the molecule is CC1(C)O[C@@H]([C@H](O)CN)[C@H](C=O)O1. The molecule has 1 heterocycles. The lowest BCUT2D eigenvalue weighted by Gasteiger charge is -2.19. The number of carbonyl (C=O) groups is 1. The van der Waals surface area contributed by atoms with Gasteiger partial charge in [0.05, 0.1) is 6.10 Å². The molecule has 1 aliphatic heterocycles. The summed E-state index contributed by atoms with van der Waals surface area (Å²) < 4.78 is 10.5. The summed E-state index contributed by atoms with van der Waals surface area (Å²) in [6, 6.07) is 0. The molecular formula is C8H15NO4. The maximum Gasteiger partial charge on any atom is 0.164 e. The molecule has 1 saturated heterocycles. The fraction of sp³-hybridized carbons (Fsp3) is 0.875. The molecule has 0 unspecified atom stereocenters. The molecule has 0 radical (unpaired) electrons. The van der Waals surface area contributed by atoms with Gasteiger partial charge in [-0.3, -0.25) is 0 Å². The number of aliphatic hydroxyl groups excluding tert-OH is 1. The summed E-state index contributed by atoms with van der Waals surface area (Å²) in [7, 11) is 0. The van der Waals surface area contributed by atoms with Crippen LogP contribution in [0.5, 0.6) is 0 Å². The van der Waals surface area contributed by atoms with E-state index in [-0.39, 0.29) is 6.54 Å². The molecule has 1 fully saturated rings. The second-order valence-electron chi connectivity index (χ2n) is 3.50. The Morgan fingerprint density at radius 2 is 2.23 bits per heavy atom. The van der Waals surface area contributed by atoms with Gasteiger partial charge in [0.15, 0.2) is 12.1 Å². The van der Waals surface area contributed by atoms with Crippen molar-refractivity contribution in [3.05, 3.63) is 0 Å². The first-order valence-electron chi connectivity index (χ1n) is 4.19. The predicted molar refractivity (Wildman–Crippen MR) is 45.0 cm³/mol. The quantitative estimate of drug-likeness (QED) is 0.558. The number of aldehydes is 1. The molecule has 1 aliphatic rings. The zero-order valence-corrected chi connectivity index (χ0v) is 7.77. The molecule has 1 rings (SSSR count). The van der Waals surface area contributed by atoms with Crippen molar-refractivity contribution in [1.29, 1.82) is 0 Å². The van der Waals surface area contributed by atoms with Crippen molar-refractivity contribution in [3.8, 4) is 0 Å². The molecule has 0 aliphatic carbocycles. The van der Waals surface area contributed by atoms with Crippen molar-refractivity contribution in [1.82, 2.24) is 0 Å². The van der Waals surface area contributed by atoms with Crippen LogP contribution in [0, 0.1) is 0 Å². The Balaban J connectivity index is 2.68. The first kappa shape index (κ1) is 10.6. The van der Waals surface area contributed by atoms with Gasteiger partial charge in [-0.2, -0.15) is 0 Å². The highest BCUT2D eigenvalue weighted by Gasteiger charge is 2.44. The number of rotatable bonds is 3. The summed E-state index contributed by atoms with van der Waals surface area (Å²) in [5.74, 6) is -0.827. The average Bonchev–Trinajstić information content (AvgIpc) is 2.39. The van der Waals surface area contributed by atoms with Gasteiger partial charge in [0.1, 0.15) is 12.2 Å². The van der Waals surface area contributed by atoms with Gasteiger partial charge in [0.25, 0.3) is 0 Å². The van der Waals surface area contributed by atoms with E-state index in [0.29, 0.717) is 6.29 Å². The minimum Gasteiger partial charge on any atom is -0.389 e. The number of carbonyl (C=O) groups excluding carboxylic acids is 1. The first-order chi connectivity index (χ1) is 6.00. The maximum atomic E-state index is 10.6. The minimum atomic E-state index is -0.864. The third-order valence-electron chi connectivity index (χ3n) is 1.92. The highest BCUT2D eigenvalue weighted by atomic mass is 16.8. The van der Waals surface area contributed by atoms with E-state index in [0.717, 1.165) is 0 Å². The van der Waals surface area contributed by atoms with Gasteiger partial charge in [-0.25, -0.2) is 0 Å².